The van der Waals surface area contributed by atoms with E-state index in [1.807, 2.05) is 26.8 Å². The summed E-state index contributed by atoms with van der Waals surface area (Å²) in [5.74, 6) is 0. The topological polar surface area (TPSA) is 6.48 Å². The normalized spacial score (nSPS) is 16.7. The Morgan fingerprint density at radius 1 is 1.04 bits per heavy atom. The van der Waals surface area contributed by atoms with Crippen LogP contribution < -0.4 is 0 Å². The molecule has 2 nitrogen and oxygen atoms in total. The molecular weight excluding hydrogens is 316 g/mol. The second-order valence-electron chi connectivity index (χ2n) is 6.40. The van der Waals surface area contributed by atoms with E-state index in [9.17, 15) is 0 Å². The van der Waals surface area contributed by atoms with E-state index >= 15 is 0 Å². The number of nitrogens with zero attached hydrogens (tertiary/aromatic N) is 2. The lowest BCUT2D eigenvalue weighted by Crippen LogP contribution is -2.29. The summed E-state index contributed by atoms with van der Waals surface area (Å²) in [6.45, 7) is 16.9. The van der Waals surface area contributed by atoms with E-state index in [0.717, 1.165) is 12.2 Å². The van der Waals surface area contributed by atoms with Crippen LogP contribution in [0.3, 0.4) is 0 Å². The summed E-state index contributed by atoms with van der Waals surface area (Å²) in [7, 11) is 2.07. The fraction of sp³-hybridized carbons (Fsp3) is 0.417. The summed E-state index contributed by atoms with van der Waals surface area (Å²) in [6, 6.07) is 8.99. The lowest BCUT2D eigenvalue weighted by atomic mass is 10.0. The van der Waals surface area contributed by atoms with Crippen molar-refractivity contribution in [3.63, 3.8) is 0 Å². The summed E-state index contributed by atoms with van der Waals surface area (Å²) in [6.07, 6.45) is 12.1. The van der Waals surface area contributed by atoms with Crippen LogP contribution in [0.2, 0.25) is 0 Å². The number of hydrogen-bond acceptors (Lipinski definition) is 2. The molecule has 2 heteroatoms. The van der Waals surface area contributed by atoms with E-state index in [1.165, 1.54) is 49.2 Å². The Balaban J connectivity index is 0.000000615. The largest absolute Gasteiger partial charge is 0.345 e. The summed E-state index contributed by atoms with van der Waals surface area (Å²) >= 11 is 0. The minimum Gasteiger partial charge on any atom is -0.345 e. The number of likely N-dealkylation sites (N-methyl/N-ethyl adjacent to an activating group) is 1. The molecule has 1 aromatic carbocycles. The highest BCUT2D eigenvalue weighted by atomic mass is 15.1. The third-order valence-corrected chi connectivity index (χ3v) is 4.44. The Kier molecular flexibility index (Phi) is 10.4. The predicted octanol–water partition coefficient (Wildman–Crippen LogP) is 6.25. The minimum absolute atomic E-state index is 1.03. The molecule has 2 aliphatic heterocycles. The van der Waals surface area contributed by atoms with Crippen LogP contribution in [0.4, 0.5) is 0 Å². The Hall–Kier alpha value is -2.06. The first-order valence-electron chi connectivity index (χ1n) is 9.85. The van der Waals surface area contributed by atoms with E-state index in [2.05, 4.69) is 66.4 Å². The SMILES string of the molecule is C=C1C=CC=C(c2ccc(CN3CCCCC3)cc2)N1C.C=CC.CC. The molecule has 142 valence electrons. The van der Waals surface area contributed by atoms with Gasteiger partial charge in [-0.05, 0) is 56.1 Å². The van der Waals surface area contributed by atoms with Crippen LogP contribution in [0.1, 0.15) is 51.2 Å². The lowest BCUT2D eigenvalue weighted by Gasteiger charge is -2.27. The van der Waals surface area contributed by atoms with Crippen molar-refractivity contribution in [2.45, 2.75) is 46.6 Å². The molecule has 1 aromatic rings. The van der Waals surface area contributed by atoms with E-state index in [0.29, 0.717) is 0 Å². The Morgan fingerprint density at radius 2 is 1.62 bits per heavy atom. The van der Waals surface area contributed by atoms with Gasteiger partial charge in [0.25, 0.3) is 0 Å². The van der Waals surface area contributed by atoms with E-state index < -0.39 is 0 Å². The Morgan fingerprint density at radius 3 is 2.19 bits per heavy atom. The van der Waals surface area contributed by atoms with Gasteiger partial charge in [-0.15, -0.1) is 6.58 Å². The van der Waals surface area contributed by atoms with Crippen LogP contribution in [0, 0.1) is 0 Å². The van der Waals surface area contributed by atoms with Gasteiger partial charge in [0.15, 0.2) is 0 Å². The maximum Gasteiger partial charge on any atom is 0.0481 e. The summed E-state index contributed by atoms with van der Waals surface area (Å²) in [5, 5.41) is 0. The summed E-state index contributed by atoms with van der Waals surface area (Å²) < 4.78 is 0. The minimum atomic E-state index is 1.03. The Labute approximate surface area is 161 Å². The molecule has 3 rings (SSSR count). The number of rotatable bonds is 3. The average molecular weight is 353 g/mol. The molecule has 26 heavy (non-hydrogen) atoms. The van der Waals surface area contributed by atoms with Crippen molar-refractivity contribution >= 4 is 5.70 Å². The Bertz CT molecular complexity index is 602. The van der Waals surface area contributed by atoms with Crippen molar-refractivity contribution in [1.82, 2.24) is 9.80 Å². The van der Waals surface area contributed by atoms with Gasteiger partial charge >= 0.3 is 0 Å². The van der Waals surface area contributed by atoms with Gasteiger partial charge in [0.2, 0.25) is 0 Å². The standard InChI is InChI=1S/C19H24N2.C3H6.C2H6/c1-16-7-6-8-19(20(16)2)18-11-9-17(10-12-18)15-21-13-4-3-5-14-21;1-3-2;1-2/h6-12H,1,3-5,13-15H2,2H3;3H,1H2,2H3;1-2H3. The van der Waals surface area contributed by atoms with Crippen LogP contribution in [0.25, 0.3) is 5.70 Å². The van der Waals surface area contributed by atoms with Gasteiger partial charge in [0, 0.05) is 25.0 Å². The van der Waals surface area contributed by atoms with Crippen molar-refractivity contribution in [2.24, 2.45) is 0 Å². The third kappa shape index (κ3) is 6.68. The van der Waals surface area contributed by atoms with Crippen LogP contribution >= 0.6 is 0 Å². The van der Waals surface area contributed by atoms with E-state index in [4.69, 9.17) is 0 Å². The van der Waals surface area contributed by atoms with E-state index in [-0.39, 0.29) is 0 Å². The first-order valence-corrected chi connectivity index (χ1v) is 9.85. The zero-order valence-corrected chi connectivity index (χ0v) is 17.2. The van der Waals surface area contributed by atoms with Gasteiger partial charge in [-0.2, -0.15) is 0 Å². The van der Waals surface area contributed by atoms with Crippen molar-refractivity contribution in [1.29, 1.82) is 0 Å². The highest BCUT2D eigenvalue weighted by Gasteiger charge is 2.13. The highest BCUT2D eigenvalue weighted by Crippen LogP contribution is 2.25. The van der Waals surface area contributed by atoms with Crippen molar-refractivity contribution in [3.8, 4) is 0 Å². The number of piperidine rings is 1. The average Bonchev–Trinajstić information content (AvgIpc) is 2.68. The van der Waals surface area contributed by atoms with Crippen LogP contribution in [-0.2, 0) is 6.54 Å². The van der Waals surface area contributed by atoms with Gasteiger partial charge in [0.1, 0.15) is 0 Å². The molecule has 0 spiro atoms. The van der Waals surface area contributed by atoms with Gasteiger partial charge in [0.05, 0.1) is 0 Å². The van der Waals surface area contributed by atoms with Gasteiger partial charge < -0.3 is 4.90 Å². The van der Waals surface area contributed by atoms with Crippen molar-refractivity contribution < 1.29 is 0 Å². The summed E-state index contributed by atoms with van der Waals surface area (Å²) in [4.78, 5) is 4.70. The molecule has 0 saturated carbocycles. The molecule has 0 aliphatic carbocycles. The fourth-order valence-corrected chi connectivity index (χ4v) is 3.08. The second-order valence-corrected chi connectivity index (χ2v) is 6.40. The van der Waals surface area contributed by atoms with Crippen molar-refractivity contribution in [2.75, 3.05) is 20.1 Å². The van der Waals surface area contributed by atoms with Gasteiger partial charge in [-0.25, -0.2) is 0 Å². The van der Waals surface area contributed by atoms with Gasteiger partial charge in [-0.1, -0.05) is 63.3 Å². The smallest absolute Gasteiger partial charge is 0.0481 e. The number of allylic oxidation sites excluding steroid dienone is 4. The summed E-state index contributed by atoms with van der Waals surface area (Å²) in [5.41, 5.74) is 4.91. The zero-order valence-electron chi connectivity index (χ0n) is 17.2. The molecule has 1 fully saturated rings. The second kappa shape index (κ2) is 12.3. The van der Waals surface area contributed by atoms with E-state index in [1.54, 1.807) is 6.08 Å². The molecule has 2 aliphatic rings. The van der Waals surface area contributed by atoms with Crippen molar-refractivity contribution in [3.05, 3.63) is 78.6 Å². The molecule has 1 saturated heterocycles. The monoisotopic (exact) mass is 352 g/mol. The molecule has 0 unspecified atom stereocenters. The third-order valence-electron chi connectivity index (χ3n) is 4.44. The predicted molar refractivity (Wildman–Crippen MR) is 117 cm³/mol. The molecule has 0 aromatic heterocycles. The molecule has 2 heterocycles. The molecule has 0 amide bonds. The molecular formula is C24H36N2. The molecule has 0 radical (unpaired) electrons. The first-order chi connectivity index (χ1) is 12.7. The van der Waals surface area contributed by atoms with Crippen LogP contribution in [-0.4, -0.2) is 29.9 Å². The molecule has 0 bridgehead atoms. The lowest BCUT2D eigenvalue weighted by molar-refractivity contribution is 0.221. The maximum atomic E-state index is 4.06. The molecule has 0 atom stereocenters. The van der Waals surface area contributed by atoms with Gasteiger partial charge in [-0.3, -0.25) is 4.90 Å². The quantitative estimate of drug-likeness (QED) is 0.593. The highest BCUT2D eigenvalue weighted by molar-refractivity contribution is 5.69. The zero-order chi connectivity index (χ0) is 19.4. The fourth-order valence-electron chi connectivity index (χ4n) is 3.08. The van der Waals surface area contributed by atoms with Crippen LogP contribution in [0.5, 0.6) is 0 Å². The number of benzene rings is 1. The maximum absolute atomic E-state index is 4.06. The number of likely N-dealkylation sites (tertiary alicyclic amines) is 1. The number of hydrogen-bond donors (Lipinski definition) is 0. The molecule has 0 N–H and O–H groups in total. The first kappa shape index (κ1) is 22.0. The van der Waals surface area contributed by atoms with Crippen LogP contribution in [0.15, 0.2) is 67.4 Å².